The minimum absolute atomic E-state index is 0.0757. The van der Waals surface area contributed by atoms with Gasteiger partial charge in [-0.3, -0.25) is 4.98 Å². The predicted octanol–water partition coefficient (Wildman–Crippen LogP) is 7.62. The van der Waals surface area contributed by atoms with Gasteiger partial charge in [-0.2, -0.15) is 9.97 Å². The Morgan fingerprint density at radius 3 is 2.24 bits per heavy atom. The summed E-state index contributed by atoms with van der Waals surface area (Å²) in [5.74, 6) is 0.266. The highest BCUT2D eigenvalue weighted by Crippen LogP contribution is 2.37. The summed E-state index contributed by atoms with van der Waals surface area (Å²) in [6.07, 6.45) is 3.72. The van der Waals surface area contributed by atoms with Gasteiger partial charge in [0.15, 0.2) is 5.82 Å². The van der Waals surface area contributed by atoms with Crippen LogP contribution in [0.2, 0.25) is 0 Å². The molecule has 0 spiro atoms. The Labute approximate surface area is 261 Å². The molecule has 0 radical (unpaired) electrons. The number of benzene rings is 4. The molecule has 1 saturated heterocycles. The van der Waals surface area contributed by atoms with Gasteiger partial charge in [-0.1, -0.05) is 84.9 Å². The van der Waals surface area contributed by atoms with Crippen molar-refractivity contribution < 1.29 is 18.6 Å². The van der Waals surface area contributed by atoms with Gasteiger partial charge in [0, 0.05) is 17.8 Å². The molecule has 0 saturated carbocycles. The second-order valence-corrected chi connectivity index (χ2v) is 11.3. The number of pyridine rings is 1. The summed E-state index contributed by atoms with van der Waals surface area (Å²) < 4.78 is 35.1. The Kier molecular flexibility index (Phi) is 8.21. The van der Waals surface area contributed by atoms with Gasteiger partial charge in [-0.25, -0.2) is 4.39 Å². The van der Waals surface area contributed by atoms with Crippen LogP contribution in [0.25, 0.3) is 32.9 Å². The number of ether oxygens (including phenoxy) is 3. The fourth-order valence-electron chi connectivity index (χ4n) is 5.76. The second-order valence-electron chi connectivity index (χ2n) is 11.3. The van der Waals surface area contributed by atoms with Gasteiger partial charge < -0.3 is 19.1 Å². The zero-order chi connectivity index (χ0) is 30.6. The Morgan fingerprint density at radius 2 is 1.51 bits per heavy atom. The maximum atomic E-state index is 16.7. The van der Waals surface area contributed by atoms with Crippen LogP contribution in [0, 0.1) is 5.82 Å². The van der Waals surface area contributed by atoms with E-state index in [0.29, 0.717) is 29.9 Å². The van der Waals surface area contributed by atoms with Gasteiger partial charge >= 0.3 is 6.01 Å². The number of nitrogens with zero attached hydrogens (tertiary/aromatic N) is 4. The Hall–Kier alpha value is -5.08. The molecular formula is C37H33FN4O3. The molecular weight excluding hydrogens is 567 g/mol. The van der Waals surface area contributed by atoms with Gasteiger partial charge in [0.2, 0.25) is 5.88 Å². The highest BCUT2D eigenvalue weighted by atomic mass is 19.1. The number of hydrogen-bond donors (Lipinski definition) is 0. The van der Waals surface area contributed by atoms with Crippen LogP contribution in [0.5, 0.6) is 17.6 Å². The molecule has 1 fully saturated rings. The van der Waals surface area contributed by atoms with Crippen molar-refractivity contribution in [1.29, 1.82) is 0 Å². The summed E-state index contributed by atoms with van der Waals surface area (Å²) in [5, 5.41) is 2.14. The highest BCUT2D eigenvalue weighted by molar-refractivity contribution is 5.99. The number of likely N-dealkylation sites (tertiary alicyclic amines) is 1. The molecule has 0 amide bonds. The number of aromatic nitrogens is 3. The van der Waals surface area contributed by atoms with Crippen LogP contribution in [0.1, 0.15) is 24.0 Å². The third-order valence-electron chi connectivity index (χ3n) is 8.26. The van der Waals surface area contributed by atoms with Gasteiger partial charge in [-0.15, -0.1) is 0 Å². The van der Waals surface area contributed by atoms with Crippen LogP contribution < -0.4 is 14.2 Å². The summed E-state index contributed by atoms with van der Waals surface area (Å²) in [7, 11) is 2.08. The van der Waals surface area contributed by atoms with Crippen molar-refractivity contribution in [2.75, 3.05) is 20.2 Å². The van der Waals surface area contributed by atoms with Crippen LogP contribution in [-0.2, 0) is 13.2 Å². The molecule has 45 heavy (non-hydrogen) atoms. The lowest BCUT2D eigenvalue weighted by atomic mass is 10.00. The van der Waals surface area contributed by atoms with E-state index in [1.54, 1.807) is 6.20 Å². The first-order valence-electron chi connectivity index (χ1n) is 15.2. The third kappa shape index (κ3) is 6.28. The predicted molar refractivity (Wildman–Crippen MR) is 173 cm³/mol. The average Bonchev–Trinajstić information content (AvgIpc) is 3.50. The SMILES string of the molecule is CN1CCCC1COc1nc(OCc2ccccc2)c2cnc(-c3cc(OCc4ccccc4)cc4ccccc34)c(F)c2n1. The maximum Gasteiger partial charge on any atom is 0.320 e. The zero-order valence-electron chi connectivity index (χ0n) is 25.0. The molecule has 3 heterocycles. The average molecular weight is 601 g/mol. The van der Waals surface area contributed by atoms with E-state index >= 15 is 4.39 Å². The van der Waals surface area contributed by atoms with Crippen LogP contribution in [-0.4, -0.2) is 46.1 Å². The molecule has 2 aromatic heterocycles. The first kappa shape index (κ1) is 28.7. The second kappa shape index (κ2) is 12.9. The maximum absolute atomic E-state index is 16.7. The van der Waals surface area contributed by atoms with Gasteiger partial charge in [0.05, 0.1) is 5.39 Å². The minimum atomic E-state index is -0.576. The number of hydrogen-bond acceptors (Lipinski definition) is 7. The van der Waals surface area contributed by atoms with Crippen LogP contribution >= 0.6 is 0 Å². The summed E-state index contributed by atoms with van der Waals surface area (Å²) in [6, 6.07) is 31.6. The van der Waals surface area contributed by atoms with E-state index in [1.165, 1.54) is 0 Å². The normalized spacial score (nSPS) is 15.0. The summed E-state index contributed by atoms with van der Waals surface area (Å²) in [4.78, 5) is 16.0. The molecule has 4 aromatic carbocycles. The van der Waals surface area contributed by atoms with Crippen molar-refractivity contribution in [1.82, 2.24) is 19.9 Å². The molecule has 7 rings (SSSR count). The molecule has 1 aliphatic heterocycles. The van der Waals surface area contributed by atoms with Crippen molar-refractivity contribution in [2.24, 2.45) is 0 Å². The Morgan fingerprint density at radius 1 is 0.800 bits per heavy atom. The first-order chi connectivity index (χ1) is 22.1. The van der Waals surface area contributed by atoms with E-state index in [9.17, 15) is 0 Å². The van der Waals surface area contributed by atoms with E-state index in [1.807, 2.05) is 97.1 Å². The summed E-state index contributed by atoms with van der Waals surface area (Å²) in [6.45, 7) is 2.07. The first-order valence-corrected chi connectivity index (χ1v) is 15.2. The molecule has 0 N–H and O–H groups in total. The third-order valence-corrected chi connectivity index (χ3v) is 8.26. The summed E-state index contributed by atoms with van der Waals surface area (Å²) >= 11 is 0. The molecule has 8 heteroatoms. The quantitative estimate of drug-likeness (QED) is 0.160. The molecule has 7 nitrogen and oxygen atoms in total. The molecule has 226 valence electrons. The van der Waals surface area contributed by atoms with Crippen molar-refractivity contribution in [2.45, 2.75) is 32.1 Å². The van der Waals surface area contributed by atoms with E-state index < -0.39 is 5.82 Å². The van der Waals surface area contributed by atoms with E-state index in [4.69, 9.17) is 14.2 Å². The monoisotopic (exact) mass is 600 g/mol. The molecule has 1 aliphatic rings. The van der Waals surface area contributed by atoms with E-state index in [2.05, 4.69) is 26.9 Å². The smallest absolute Gasteiger partial charge is 0.320 e. The van der Waals surface area contributed by atoms with Crippen molar-refractivity contribution in [3.8, 4) is 28.9 Å². The molecule has 0 aliphatic carbocycles. The molecule has 1 unspecified atom stereocenters. The van der Waals surface area contributed by atoms with E-state index in [-0.39, 0.29) is 35.7 Å². The Balaban J connectivity index is 1.29. The largest absolute Gasteiger partial charge is 0.489 e. The van der Waals surface area contributed by atoms with Crippen molar-refractivity contribution >= 4 is 21.7 Å². The van der Waals surface area contributed by atoms with Gasteiger partial charge in [0.25, 0.3) is 0 Å². The van der Waals surface area contributed by atoms with Crippen LogP contribution in [0.4, 0.5) is 4.39 Å². The lowest BCUT2D eigenvalue weighted by Crippen LogP contribution is -2.30. The Bertz CT molecular complexity index is 1940. The fourth-order valence-corrected chi connectivity index (χ4v) is 5.76. The fraction of sp³-hybridized carbons (Fsp3) is 0.216. The lowest BCUT2D eigenvalue weighted by molar-refractivity contribution is 0.185. The van der Waals surface area contributed by atoms with Crippen LogP contribution in [0.15, 0.2) is 103 Å². The van der Waals surface area contributed by atoms with Crippen molar-refractivity contribution in [3.05, 3.63) is 120 Å². The van der Waals surface area contributed by atoms with Crippen molar-refractivity contribution in [3.63, 3.8) is 0 Å². The topological polar surface area (TPSA) is 69.6 Å². The summed E-state index contributed by atoms with van der Waals surface area (Å²) in [5.41, 5.74) is 2.86. The standard InChI is InChI=1S/C37H33FN4O3/c1-42-18-10-16-28(42)24-45-37-40-35-32(36(41-37)44-23-26-13-6-3-7-14-26)21-39-34(33(35)38)31-20-29(19-27-15-8-9-17-30(27)31)43-22-25-11-4-2-5-12-25/h2-9,11-15,17,19-21,28H,10,16,18,22-24H2,1H3. The number of fused-ring (bicyclic) bond motifs is 2. The number of rotatable bonds is 10. The lowest BCUT2D eigenvalue weighted by Gasteiger charge is -2.19. The van der Waals surface area contributed by atoms with E-state index in [0.717, 1.165) is 41.3 Å². The zero-order valence-corrected chi connectivity index (χ0v) is 25.0. The minimum Gasteiger partial charge on any atom is -0.489 e. The highest BCUT2D eigenvalue weighted by Gasteiger charge is 2.24. The molecule has 1 atom stereocenters. The number of halogens is 1. The van der Waals surface area contributed by atoms with Crippen LogP contribution in [0.3, 0.4) is 0 Å². The number of likely N-dealkylation sites (N-methyl/N-ethyl adjacent to an activating group) is 1. The molecule has 0 bridgehead atoms. The van der Waals surface area contributed by atoms with Gasteiger partial charge in [0.1, 0.15) is 36.8 Å². The van der Waals surface area contributed by atoms with Gasteiger partial charge in [-0.05, 0) is 60.5 Å². The molecule has 6 aromatic rings.